The SMILES string of the molecule is CCC(C#N)C(=O)Nc1cc(C)c(C)cc1C. The van der Waals surface area contributed by atoms with Crippen LogP contribution < -0.4 is 5.32 Å². The first-order chi connectivity index (χ1) is 7.99. The minimum atomic E-state index is -0.573. The van der Waals surface area contributed by atoms with Crippen LogP contribution in [-0.2, 0) is 4.79 Å². The molecule has 17 heavy (non-hydrogen) atoms. The summed E-state index contributed by atoms with van der Waals surface area (Å²) in [6.07, 6.45) is 0.534. The van der Waals surface area contributed by atoms with Gasteiger partial charge < -0.3 is 5.32 Å². The third kappa shape index (κ3) is 3.07. The molecule has 0 spiro atoms. The van der Waals surface area contributed by atoms with Gasteiger partial charge in [0.2, 0.25) is 5.91 Å². The van der Waals surface area contributed by atoms with Gasteiger partial charge in [0.25, 0.3) is 0 Å². The molecule has 90 valence electrons. The smallest absolute Gasteiger partial charge is 0.241 e. The van der Waals surface area contributed by atoms with E-state index in [1.807, 2.05) is 45.9 Å². The highest BCUT2D eigenvalue weighted by Gasteiger charge is 2.16. The van der Waals surface area contributed by atoms with Crippen molar-refractivity contribution in [3.8, 4) is 6.07 Å². The van der Waals surface area contributed by atoms with Gasteiger partial charge in [0.15, 0.2) is 0 Å². The van der Waals surface area contributed by atoms with E-state index in [1.54, 1.807) is 0 Å². The number of nitrogens with one attached hydrogen (secondary N) is 1. The van der Waals surface area contributed by atoms with Crippen LogP contribution in [0.25, 0.3) is 0 Å². The van der Waals surface area contributed by atoms with Crippen molar-refractivity contribution in [3.05, 3.63) is 28.8 Å². The van der Waals surface area contributed by atoms with E-state index in [9.17, 15) is 4.79 Å². The molecule has 1 atom stereocenters. The van der Waals surface area contributed by atoms with E-state index in [1.165, 1.54) is 5.56 Å². The lowest BCUT2D eigenvalue weighted by molar-refractivity contribution is -0.118. The first-order valence-corrected chi connectivity index (χ1v) is 5.78. The lowest BCUT2D eigenvalue weighted by atomic mass is 10.0. The summed E-state index contributed by atoms with van der Waals surface area (Å²) in [5, 5.41) is 11.7. The van der Waals surface area contributed by atoms with E-state index in [4.69, 9.17) is 5.26 Å². The topological polar surface area (TPSA) is 52.9 Å². The molecule has 1 amide bonds. The number of hydrogen-bond acceptors (Lipinski definition) is 2. The second-order valence-electron chi connectivity index (χ2n) is 4.33. The van der Waals surface area contributed by atoms with Gasteiger partial charge in [0.1, 0.15) is 5.92 Å². The second-order valence-corrected chi connectivity index (χ2v) is 4.33. The maximum atomic E-state index is 11.8. The first-order valence-electron chi connectivity index (χ1n) is 5.78. The molecule has 0 radical (unpaired) electrons. The minimum absolute atomic E-state index is 0.221. The number of carbonyl (C=O) groups is 1. The van der Waals surface area contributed by atoms with Crippen molar-refractivity contribution in [2.45, 2.75) is 34.1 Å². The number of amides is 1. The summed E-state index contributed by atoms with van der Waals surface area (Å²) in [7, 11) is 0. The standard InChI is InChI=1S/C14H18N2O/c1-5-12(8-15)14(17)16-13-7-10(3)9(2)6-11(13)4/h6-7,12H,5H2,1-4H3,(H,16,17). The zero-order valence-corrected chi connectivity index (χ0v) is 10.8. The largest absolute Gasteiger partial charge is 0.325 e. The van der Waals surface area contributed by atoms with E-state index in [0.29, 0.717) is 6.42 Å². The first kappa shape index (κ1) is 13.2. The van der Waals surface area contributed by atoms with Crippen LogP contribution in [0.1, 0.15) is 30.0 Å². The number of benzene rings is 1. The molecule has 0 aliphatic heterocycles. The van der Waals surface area contributed by atoms with Gasteiger partial charge in [-0.2, -0.15) is 5.26 Å². The highest BCUT2D eigenvalue weighted by atomic mass is 16.1. The van der Waals surface area contributed by atoms with E-state index >= 15 is 0 Å². The van der Waals surface area contributed by atoms with Gasteiger partial charge in [-0.3, -0.25) is 4.79 Å². The molecule has 0 bridgehead atoms. The Balaban J connectivity index is 2.93. The van der Waals surface area contributed by atoms with Crippen LogP contribution in [0.15, 0.2) is 12.1 Å². The van der Waals surface area contributed by atoms with Crippen molar-refractivity contribution in [2.75, 3.05) is 5.32 Å². The van der Waals surface area contributed by atoms with Gasteiger partial charge in [0, 0.05) is 5.69 Å². The molecule has 0 fully saturated rings. The summed E-state index contributed by atoms with van der Waals surface area (Å²) in [4.78, 5) is 11.8. The molecule has 3 nitrogen and oxygen atoms in total. The van der Waals surface area contributed by atoms with Gasteiger partial charge in [-0.15, -0.1) is 0 Å². The molecule has 0 saturated heterocycles. The molecule has 0 aliphatic rings. The summed E-state index contributed by atoms with van der Waals surface area (Å²) in [6.45, 7) is 7.83. The Labute approximate surface area is 102 Å². The quantitative estimate of drug-likeness (QED) is 0.867. The molecule has 0 aliphatic carbocycles. The van der Waals surface area contributed by atoms with Crippen LogP contribution in [0.2, 0.25) is 0 Å². The van der Waals surface area contributed by atoms with Crippen LogP contribution in [0.4, 0.5) is 5.69 Å². The summed E-state index contributed by atoms with van der Waals surface area (Å²) < 4.78 is 0. The van der Waals surface area contributed by atoms with Gasteiger partial charge in [0.05, 0.1) is 6.07 Å². The van der Waals surface area contributed by atoms with Crippen LogP contribution in [0, 0.1) is 38.0 Å². The zero-order chi connectivity index (χ0) is 13.0. The Morgan fingerprint density at radius 1 is 1.29 bits per heavy atom. The highest BCUT2D eigenvalue weighted by Crippen LogP contribution is 2.20. The van der Waals surface area contributed by atoms with Crippen molar-refractivity contribution in [1.82, 2.24) is 0 Å². The van der Waals surface area contributed by atoms with Crippen molar-refractivity contribution < 1.29 is 4.79 Å². The van der Waals surface area contributed by atoms with Gasteiger partial charge in [-0.05, 0) is 49.9 Å². The Morgan fingerprint density at radius 2 is 1.88 bits per heavy atom. The van der Waals surface area contributed by atoms with Crippen molar-refractivity contribution in [1.29, 1.82) is 5.26 Å². The lowest BCUT2D eigenvalue weighted by Gasteiger charge is -2.13. The Morgan fingerprint density at radius 3 is 2.41 bits per heavy atom. The average molecular weight is 230 g/mol. The normalized spacial score (nSPS) is 11.7. The molecule has 1 N–H and O–H groups in total. The molecule has 1 aromatic rings. The predicted molar refractivity (Wildman–Crippen MR) is 68.7 cm³/mol. The van der Waals surface area contributed by atoms with Crippen LogP contribution in [0.3, 0.4) is 0 Å². The third-order valence-electron chi connectivity index (χ3n) is 2.98. The highest BCUT2D eigenvalue weighted by molar-refractivity contribution is 5.94. The number of nitriles is 1. The fourth-order valence-corrected chi connectivity index (χ4v) is 1.65. The molecule has 0 heterocycles. The summed E-state index contributed by atoms with van der Waals surface area (Å²) in [5.74, 6) is -0.794. The molecule has 1 unspecified atom stereocenters. The number of rotatable bonds is 3. The molecule has 3 heteroatoms. The van der Waals surface area contributed by atoms with Gasteiger partial charge in [-0.1, -0.05) is 13.0 Å². The fraction of sp³-hybridized carbons (Fsp3) is 0.429. The van der Waals surface area contributed by atoms with Crippen molar-refractivity contribution in [2.24, 2.45) is 5.92 Å². The molecule has 1 rings (SSSR count). The molecule has 1 aromatic carbocycles. The maximum absolute atomic E-state index is 11.8. The van der Waals surface area contributed by atoms with E-state index in [-0.39, 0.29) is 5.91 Å². The van der Waals surface area contributed by atoms with E-state index < -0.39 is 5.92 Å². The number of hydrogen-bond donors (Lipinski definition) is 1. The predicted octanol–water partition coefficient (Wildman–Crippen LogP) is 3.10. The monoisotopic (exact) mass is 230 g/mol. The summed E-state index contributed by atoms with van der Waals surface area (Å²) in [5.41, 5.74) is 4.16. The number of aryl methyl sites for hydroxylation is 3. The molecular weight excluding hydrogens is 212 g/mol. The fourth-order valence-electron chi connectivity index (χ4n) is 1.65. The second kappa shape index (κ2) is 5.49. The van der Waals surface area contributed by atoms with Crippen LogP contribution in [-0.4, -0.2) is 5.91 Å². The van der Waals surface area contributed by atoms with E-state index in [0.717, 1.165) is 16.8 Å². The lowest BCUT2D eigenvalue weighted by Crippen LogP contribution is -2.21. The Hall–Kier alpha value is -1.82. The summed E-state index contributed by atoms with van der Waals surface area (Å²) in [6, 6.07) is 6.00. The Bertz CT molecular complexity index is 472. The summed E-state index contributed by atoms with van der Waals surface area (Å²) >= 11 is 0. The minimum Gasteiger partial charge on any atom is -0.325 e. The van der Waals surface area contributed by atoms with Crippen molar-refractivity contribution >= 4 is 11.6 Å². The van der Waals surface area contributed by atoms with Gasteiger partial charge >= 0.3 is 0 Å². The Kier molecular flexibility index (Phi) is 4.28. The van der Waals surface area contributed by atoms with Gasteiger partial charge in [-0.25, -0.2) is 0 Å². The van der Waals surface area contributed by atoms with Crippen molar-refractivity contribution in [3.63, 3.8) is 0 Å². The molecular formula is C14H18N2O. The number of anilines is 1. The van der Waals surface area contributed by atoms with Crippen LogP contribution >= 0.6 is 0 Å². The van der Waals surface area contributed by atoms with E-state index in [2.05, 4.69) is 5.32 Å². The number of carbonyl (C=O) groups excluding carboxylic acids is 1. The van der Waals surface area contributed by atoms with Crippen LogP contribution in [0.5, 0.6) is 0 Å². The maximum Gasteiger partial charge on any atom is 0.241 e. The zero-order valence-electron chi connectivity index (χ0n) is 10.8. The molecule has 0 saturated carbocycles. The third-order valence-corrected chi connectivity index (χ3v) is 2.98. The average Bonchev–Trinajstić information content (AvgIpc) is 2.27. The molecule has 0 aromatic heterocycles. The number of nitrogens with zero attached hydrogens (tertiary/aromatic N) is 1.